The van der Waals surface area contributed by atoms with Crippen LogP contribution in [0.25, 0.3) is 0 Å². The van der Waals surface area contributed by atoms with Crippen molar-refractivity contribution in [2.45, 2.75) is 19.4 Å². The fourth-order valence-electron chi connectivity index (χ4n) is 2.07. The van der Waals surface area contributed by atoms with Crippen molar-refractivity contribution in [1.29, 1.82) is 0 Å². The normalized spacial score (nSPS) is 11.9. The summed E-state index contributed by atoms with van der Waals surface area (Å²) in [7, 11) is 1.64. The maximum Gasteiger partial charge on any atom is 0.141 e. The van der Waals surface area contributed by atoms with E-state index in [9.17, 15) is 4.39 Å². The van der Waals surface area contributed by atoms with E-state index in [0.29, 0.717) is 6.42 Å². The van der Waals surface area contributed by atoms with Gasteiger partial charge in [0.05, 0.1) is 12.8 Å². The van der Waals surface area contributed by atoms with Gasteiger partial charge in [-0.25, -0.2) is 4.39 Å². The van der Waals surface area contributed by atoms with Crippen LogP contribution in [0.1, 0.15) is 12.5 Å². The van der Waals surface area contributed by atoms with Crippen LogP contribution in [0.15, 0.2) is 48.5 Å². The molecular weight excluding hydrogens is 241 g/mol. The molecule has 0 aliphatic rings. The Bertz CT molecular complexity index is 542. The van der Waals surface area contributed by atoms with Gasteiger partial charge < -0.3 is 10.1 Å². The molecule has 0 amide bonds. The summed E-state index contributed by atoms with van der Waals surface area (Å²) in [6.45, 7) is 2.03. The summed E-state index contributed by atoms with van der Waals surface area (Å²) in [6, 6.07) is 14.7. The van der Waals surface area contributed by atoms with Gasteiger partial charge in [0.15, 0.2) is 0 Å². The molecule has 1 unspecified atom stereocenters. The molecule has 0 heterocycles. The predicted molar refractivity (Wildman–Crippen MR) is 76.2 cm³/mol. The summed E-state index contributed by atoms with van der Waals surface area (Å²) in [5.74, 6) is 0.638. The molecule has 0 saturated heterocycles. The summed E-state index contributed by atoms with van der Waals surface area (Å²) >= 11 is 0. The quantitative estimate of drug-likeness (QED) is 0.880. The monoisotopic (exact) mass is 259 g/mol. The van der Waals surface area contributed by atoms with Crippen LogP contribution < -0.4 is 10.1 Å². The lowest BCUT2D eigenvalue weighted by atomic mass is 10.1. The third kappa shape index (κ3) is 3.47. The molecule has 2 nitrogen and oxygen atoms in total. The summed E-state index contributed by atoms with van der Waals surface area (Å²) < 4.78 is 18.9. The number of methoxy groups -OCH3 is 1. The van der Waals surface area contributed by atoms with Crippen LogP contribution in [0.5, 0.6) is 5.75 Å². The van der Waals surface area contributed by atoms with Crippen LogP contribution in [0, 0.1) is 5.82 Å². The number of anilines is 1. The Morgan fingerprint density at radius 3 is 2.53 bits per heavy atom. The minimum atomic E-state index is -0.156. The SMILES string of the molecule is COc1ccccc1NC(C)Cc1ccccc1F. The lowest BCUT2D eigenvalue weighted by molar-refractivity contribution is 0.416. The number of para-hydroxylation sites is 2. The number of hydrogen-bond acceptors (Lipinski definition) is 2. The van der Waals surface area contributed by atoms with E-state index in [1.54, 1.807) is 13.2 Å². The largest absolute Gasteiger partial charge is 0.495 e. The maximum atomic E-state index is 13.6. The molecule has 2 rings (SSSR count). The van der Waals surface area contributed by atoms with E-state index < -0.39 is 0 Å². The van der Waals surface area contributed by atoms with Crippen molar-refractivity contribution < 1.29 is 9.13 Å². The van der Waals surface area contributed by atoms with Gasteiger partial charge in [0.2, 0.25) is 0 Å². The highest BCUT2D eigenvalue weighted by Gasteiger charge is 2.09. The first kappa shape index (κ1) is 13.4. The lowest BCUT2D eigenvalue weighted by Gasteiger charge is -2.17. The number of rotatable bonds is 5. The molecule has 0 aliphatic heterocycles. The fourth-order valence-corrected chi connectivity index (χ4v) is 2.07. The number of benzene rings is 2. The zero-order chi connectivity index (χ0) is 13.7. The number of nitrogens with one attached hydrogen (secondary N) is 1. The zero-order valence-electron chi connectivity index (χ0n) is 11.2. The van der Waals surface area contributed by atoms with E-state index in [1.807, 2.05) is 43.3 Å². The van der Waals surface area contributed by atoms with Crippen molar-refractivity contribution >= 4 is 5.69 Å². The van der Waals surface area contributed by atoms with Crippen molar-refractivity contribution in [3.8, 4) is 5.75 Å². The van der Waals surface area contributed by atoms with Crippen LogP contribution in [0.3, 0.4) is 0 Å². The second kappa shape index (κ2) is 6.23. The summed E-state index contributed by atoms with van der Waals surface area (Å²) in [5.41, 5.74) is 1.64. The molecule has 0 aliphatic carbocycles. The molecule has 0 aromatic heterocycles. The van der Waals surface area contributed by atoms with Crippen molar-refractivity contribution in [3.63, 3.8) is 0 Å². The first-order chi connectivity index (χ1) is 9.20. The highest BCUT2D eigenvalue weighted by molar-refractivity contribution is 5.56. The van der Waals surface area contributed by atoms with Gasteiger partial charge in [0.1, 0.15) is 11.6 Å². The standard InChI is InChI=1S/C16H18FNO/c1-12(11-13-7-3-4-8-14(13)17)18-15-9-5-6-10-16(15)19-2/h3-10,12,18H,11H2,1-2H3. The van der Waals surface area contributed by atoms with Crippen molar-refractivity contribution in [1.82, 2.24) is 0 Å². The van der Waals surface area contributed by atoms with Gasteiger partial charge in [-0.3, -0.25) is 0 Å². The van der Waals surface area contributed by atoms with E-state index in [4.69, 9.17) is 4.74 Å². The van der Waals surface area contributed by atoms with Gasteiger partial charge in [-0.2, -0.15) is 0 Å². The van der Waals surface area contributed by atoms with E-state index >= 15 is 0 Å². The molecular formula is C16H18FNO. The van der Waals surface area contributed by atoms with Crippen molar-refractivity contribution in [2.24, 2.45) is 0 Å². The summed E-state index contributed by atoms with van der Waals surface area (Å²) in [6.07, 6.45) is 0.630. The number of ether oxygens (including phenoxy) is 1. The Kier molecular flexibility index (Phi) is 4.39. The van der Waals surface area contributed by atoms with Crippen LogP contribution in [-0.2, 0) is 6.42 Å². The van der Waals surface area contributed by atoms with Gasteiger partial charge in [0.25, 0.3) is 0 Å². The van der Waals surface area contributed by atoms with Gasteiger partial charge >= 0.3 is 0 Å². The second-order valence-corrected chi connectivity index (χ2v) is 4.54. The Hall–Kier alpha value is -2.03. The number of halogens is 1. The summed E-state index contributed by atoms with van der Waals surface area (Å²) in [5, 5.41) is 3.35. The van der Waals surface area contributed by atoms with Crippen LogP contribution in [0.4, 0.5) is 10.1 Å². The molecule has 1 atom stereocenters. The second-order valence-electron chi connectivity index (χ2n) is 4.54. The molecule has 2 aromatic rings. The van der Waals surface area contributed by atoms with Crippen molar-refractivity contribution in [3.05, 3.63) is 59.9 Å². The summed E-state index contributed by atoms with van der Waals surface area (Å²) in [4.78, 5) is 0. The van der Waals surface area contributed by atoms with Gasteiger partial charge in [-0.1, -0.05) is 30.3 Å². The third-order valence-electron chi connectivity index (χ3n) is 2.99. The Balaban J connectivity index is 2.05. The topological polar surface area (TPSA) is 21.3 Å². The van der Waals surface area contributed by atoms with Crippen LogP contribution in [-0.4, -0.2) is 13.2 Å². The molecule has 19 heavy (non-hydrogen) atoms. The Morgan fingerprint density at radius 2 is 1.79 bits per heavy atom. The average Bonchev–Trinajstić information content (AvgIpc) is 2.42. The molecule has 3 heteroatoms. The lowest BCUT2D eigenvalue weighted by Crippen LogP contribution is -2.19. The Morgan fingerprint density at radius 1 is 1.11 bits per heavy atom. The van der Waals surface area contributed by atoms with E-state index in [1.165, 1.54) is 6.07 Å². The minimum absolute atomic E-state index is 0.119. The highest BCUT2D eigenvalue weighted by atomic mass is 19.1. The average molecular weight is 259 g/mol. The molecule has 2 aromatic carbocycles. The van der Waals surface area contributed by atoms with Gasteiger partial charge in [0, 0.05) is 6.04 Å². The molecule has 0 spiro atoms. The minimum Gasteiger partial charge on any atom is -0.495 e. The third-order valence-corrected chi connectivity index (χ3v) is 2.99. The zero-order valence-corrected chi connectivity index (χ0v) is 11.2. The molecule has 0 radical (unpaired) electrons. The highest BCUT2D eigenvalue weighted by Crippen LogP contribution is 2.24. The van der Waals surface area contributed by atoms with E-state index in [-0.39, 0.29) is 11.9 Å². The van der Waals surface area contributed by atoms with E-state index in [2.05, 4.69) is 5.32 Å². The molecule has 0 saturated carbocycles. The fraction of sp³-hybridized carbons (Fsp3) is 0.250. The smallest absolute Gasteiger partial charge is 0.141 e. The van der Waals surface area contributed by atoms with Crippen LogP contribution in [0.2, 0.25) is 0 Å². The first-order valence-corrected chi connectivity index (χ1v) is 6.33. The maximum absolute atomic E-state index is 13.6. The number of hydrogen-bond donors (Lipinski definition) is 1. The molecule has 0 fully saturated rings. The first-order valence-electron chi connectivity index (χ1n) is 6.33. The van der Waals surface area contributed by atoms with Crippen LogP contribution >= 0.6 is 0 Å². The Labute approximate surface area is 113 Å². The molecule has 100 valence electrons. The predicted octanol–water partition coefficient (Wildman–Crippen LogP) is 3.88. The van der Waals surface area contributed by atoms with Gasteiger partial charge in [-0.05, 0) is 37.1 Å². The van der Waals surface area contributed by atoms with Crippen molar-refractivity contribution in [2.75, 3.05) is 12.4 Å². The molecule has 1 N–H and O–H groups in total. The van der Waals surface area contributed by atoms with Gasteiger partial charge in [-0.15, -0.1) is 0 Å². The molecule has 0 bridgehead atoms. The van der Waals surface area contributed by atoms with E-state index in [0.717, 1.165) is 17.0 Å².